The summed E-state index contributed by atoms with van der Waals surface area (Å²) >= 11 is 3.35. The van der Waals surface area contributed by atoms with Gasteiger partial charge in [-0.05, 0) is 45.2 Å². The van der Waals surface area contributed by atoms with Crippen LogP contribution in [-0.2, 0) is 20.7 Å². The van der Waals surface area contributed by atoms with Gasteiger partial charge in [0.25, 0.3) is 0 Å². The van der Waals surface area contributed by atoms with E-state index in [9.17, 15) is 9.59 Å². The van der Waals surface area contributed by atoms with Crippen molar-refractivity contribution in [3.8, 4) is 0 Å². The van der Waals surface area contributed by atoms with Crippen LogP contribution in [0.5, 0.6) is 0 Å². The van der Waals surface area contributed by atoms with Crippen LogP contribution in [0.4, 0.5) is 5.69 Å². The maximum Gasteiger partial charge on any atom is 0.303 e. The number of aryl methyl sites for hydroxylation is 1. The number of para-hydroxylation sites is 1. The molecule has 1 aliphatic rings. The van der Waals surface area contributed by atoms with E-state index in [1.54, 1.807) is 0 Å². The van der Waals surface area contributed by atoms with E-state index in [-0.39, 0.29) is 22.3 Å². The molecule has 5 heteroatoms. The number of anilines is 1. The van der Waals surface area contributed by atoms with E-state index in [0.29, 0.717) is 0 Å². The van der Waals surface area contributed by atoms with E-state index < -0.39 is 0 Å². The second kappa shape index (κ2) is 7.59. The number of halogens is 1. The molecule has 4 nitrogen and oxygen atoms in total. The highest BCUT2D eigenvalue weighted by Gasteiger charge is 2.20. The third-order valence-corrected chi connectivity index (χ3v) is 3.55. The van der Waals surface area contributed by atoms with Crippen LogP contribution in [0.15, 0.2) is 24.3 Å². The smallest absolute Gasteiger partial charge is 0.303 e. The van der Waals surface area contributed by atoms with Gasteiger partial charge in [0.1, 0.15) is 5.60 Å². The number of rotatable bonds is 0. The molecule has 0 aliphatic carbocycles. The molecular weight excluding hydrogens is 334 g/mol. The molecule has 0 fully saturated rings. The summed E-state index contributed by atoms with van der Waals surface area (Å²) in [5, 5.41) is 2.89. The molecule has 0 bridgehead atoms. The van der Waals surface area contributed by atoms with Gasteiger partial charge in [0.05, 0.1) is 4.83 Å². The van der Waals surface area contributed by atoms with Crippen LogP contribution in [0.2, 0.25) is 0 Å². The van der Waals surface area contributed by atoms with Crippen molar-refractivity contribution in [2.45, 2.75) is 51.0 Å². The lowest BCUT2D eigenvalue weighted by molar-refractivity contribution is -0.151. The van der Waals surface area contributed by atoms with Crippen molar-refractivity contribution in [2.75, 3.05) is 5.32 Å². The molecule has 0 aromatic heterocycles. The number of amides is 1. The Morgan fingerprint density at radius 3 is 2.48 bits per heavy atom. The van der Waals surface area contributed by atoms with Crippen LogP contribution < -0.4 is 5.32 Å². The third kappa shape index (κ3) is 6.76. The molecular formula is C16H22BrNO3. The second-order valence-electron chi connectivity index (χ2n) is 5.86. The number of hydrogen-bond donors (Lipinski definition) is 1. The molecule has 1 atom stereocenters. The van der Waals surface area contributed by atoms with Gasteiger partial charge in [-0.2, -0.15) is 0 Å². The Labute approximate surface area is 134 Å². The topological polar surface area (TPSA) is 55.4 Å². The summed E-state index contributed by atoms with van der Waals surface area (Å²) in [6.07, 6.45) is 1.81. The lowest BCUT2D eigenvalue weighted by atomic mass is 10.1. The molecule has 1 N–H and O–H groups in total. The molecule has 1 aromatic rings. The van der Waals surface area contributed by atoms with E-state index in [4.69, 9.17) is 4.74 Å². The van der Waals surface area contributed by atoms with Crippen LogP contribution in [0, 0.1) is 0 Å². The van der Waals surface area contributed by atoms with Crippen molar-refractivity contribution in [2.24, 2.45) is 0 Å². The average molecular weight is 356 g/mol. The zero-order valence-electron chi connectivity index (χ0n) is 12.9. The Kier molecular flexibility index (Phi) is 6.40. The predicted molar refractivity (Wildman–Crippen MR) is 87.6 cm³/mol. The van der Waals surface area contributed by atoms with Crippen LogP contribution in [0.1, 0.15) is 39.7 Å². The highest BCUT2D eigenvalue weighted by atomic mass is 79.9. The van der Waals surface area contributed by atoms with Gasteiger partial charge in [-0.1, -0.05) is 34.1 Å². The van der Waals surface area contributed by atoms with Crippen LogP contribution >= 0.6 is 15.9 Å². The van der Waals surface area contributed by atoms with Crippen LogP contribution in [0.3, 0.4) is 0 Å². The first-order valence-corrected chi connectivity index (χ1v) is 7.83. The molecule has 0 spiro atoms. The number of nitrogens with one attached hydrogen (secondary N) is 1. The van der Waals surface area contributed by atoms with Gasteiger partial charge in [0.15, 0.2) is 0 Å². The number of carbonyl (C=O) groups is 2. The van der Waals surface area contributed by atoms with Gasteiger partial charge in [0, 0.05) is 12.6 Å². The molecule has 1 aliphatic heterocycles. The average Bonchev–Trinajstić information content (AvgIpc) is 2.48. The van der Waals surface area contributed by atoms with Gasteiger partial charge in [-0.15, -0.1) is 0 Å². The third-order valence-electron chi connectivity index (χ3n) is 2.68. The standard InChI is InChI=1S/C10H10BrNO.C6H12O2/c11-8-6-5-7-3-1-2-4-9(7)12-10(8)13;1-5(7)8-6(2,3)4/h1-4,8H,5-6H2,(H,12,13);1-4H3. The number of hydrogen-bond acceptors (Lipinski definition) is 3. The summed E-state index contributed by atoms with van der Waals surface area (Å²) in [5.41, 5.74) is 1.85. The summed E-state index contributed by atoms with van der Waals surface area (Å²) in [6.45, 7) is 6.93. The maximum absolute atomic E-state index is 11.4. The SMILES string of the molecule is CC(=O)OC(C)(C)C.O=C1Nc2ccccc2CCC1Br. The Balaban J connectivity index is 0.000000240. The summed E-state index contributed by atoms with van der Waals surface area (Å²) in [4.78, 5) is 21.6. The molecule has 0 saturated carbocycles. The lowest BCUT2D eigenvalue weighted by Gasteiger charge is -2.17. The highest BCUT2D eigenvalue weighted by Crippen LogP contribution is 2.23. The first-order valence-electron chi connectivity index (χ1n) is 6.91. The van der Waals surface area contributed by atoms with Crippen LogP contribution in [0.25, 0.3) is 0 Å². The van der Waals surface area contributed by atoms with Crippen molar-refractivity contribution >= 4 is 33.5 Å². The number of fused-ring (bicyclic) bond motifs is 1. The van der Waals surface area contributed by atoms with E-state index in [1.807, 2.05) is 39.0 Å². The number of ether oxygens (including phenoxy) is 1. The van der Waals surface area contributed by atoms with E-state index in [2.05, 4.69) is 27.3 Å². The second-order valence-corrected chi connectivity index (χ2v) is 6.96. The fourth-order valence-corrected chi connectivity index (χ4v) is 2.26. The molecule has 1 unspecified atom stereocenters. The van der Waals surface area contributed by atoms with E-state index >= 15 is 0 Å². The van der Waals surface area contributed by atoms with E-state index in [1.165, 1.54) is 12.5 Å². The number of esters is 1. The molecule has 0 saturated heterocycles. The minimum atomic E-state index is -0.328. The van der Waals surface area contributed by atoms with Crippen molar-refractivity contribution < 1.29 is 14.3 Å². The predicted octanol–water partition coefficient (Wildman–Crippen LogP) is 3.68. The van der Waals surface area contributed by atoms with Gasteiger partial charge in [-0.3, -0.25) is 9.59 Å². The van der Waals surface area contributed by atoms with Crippen molar-refractivity contribution in [3.05, 3.63) is 29.8 Å². The number of carbonyl (C=O) groups excluding carboxylic acids is 2. The summed E-state index contributed by atoms with van der Waals surface area (Å²) in [5.74, 6) is -0.164. The molecule has 21 heavy (non-hydrogen) atoms. The Bertz CT molecular complexity index is 508. The van der Waals surface area contributed by atoms with Gasteiger partial charge >= 0.3 is 5.97 Å². The normalized spacial score (nSPS) is 17.6. The molecule has 1 aromatic carbocycles. The zero-order chi connectivity index (χ0) is 16.0. The molecule has 1 heterocycles. The largest absolute Gasteiger partial charge is 0.460 e. The summed E-state index contributed by atoms with van der Waals surface area (Å²) < 4.78 is 4.80. The fraction of sp³-hybridized carbons (Fsp3) is 0.500. The summed E-state index contributed by atoms with van der Waals surface area (Å²) in [7, 11) is 0. The number of alkyl halides is 1. The number of benzene rings is 1. The van der Waals surface area contributed by atoms with Gasteiger partial charge < -0.3 is 10.1 Å². The lowest BCUT2D eigenvalue weighted by Crippen LogP contribution is -2.21. The van der Waals surface area contributed by atoms with Crippen molar-refractivity contribution in [1.29, 1.82) is 0 Å². The minimum Gasteiger partial charge on any atom is -0.460 e. The first-order chi connectivity index (χ1) is 9.69. The molecule has 0 radical (unpaired) electrons. The zero-order valence-corrected chi connectivity index (χ0v) is 14.5. The van der Waals surface area contributed by atoms with Gasteiger partial charge in [0.2, 0.25) is 5.91 Å². The van der Waals surface area contributed by atoms with Crippen molar-refractivity contribution in [1.82, 2.24) is 0 Å². The van der Waals surface area contributed by atoms with Crippen LogP contribution in [-0.4, -0.2) is 22.3 Å². The molecule has 1 amide bonds. The monoisotopic (exact) mass is 355 g/mol. The highest BCUT2D eigenvalue weighted by molar-refractivity contribution is 9.10. The fourth-order valence-electron chi connectivity index (χ4n) is 1.92. The van der Waals surface area contributed by atoms with Crippen molar-refractivity contribution in [3.63, 3.8) is 0 Å². The maximum atomic E-state index is 11.4. The molecule has 116 valence electrons. The summed E-state index contributed by atoms with van der Waals surface area (Å²) in [6, 6.07) is 7.94. The Morgan fingerprint density at radius 1 is 1.33 bits per heavy atom. The molecule has 2 rings (SSSR count). The van der Waals surface area contributed by atoms with E-state index in [0.717, 1.165) is 18.5 Å². The first kappa shape index (κ1) is 17.7. The Hall–Kier alpha value is -1.36. The van der Waals surface area contributed by atoms with Gasteiger partial charge in [-0.25, -0.2) is 0 Å². The quantitative estimate of drug-likeness (QED) is 0.570. The Morgan fingerprint density at radius 2 is 1.95 bits per heavy atom. The minimum absolute atomic E-state index is 0.0556.